The topological polar surface area (TPSA) is 89.5 Å². The predicted molar refractivity (Wildman–Crippen MR) is 79.3 cm³/mol. The number of aryl methyl sites for hydroxylation is 1. The first-order valence-corrected chi connectivity index (χ1v) is 8.74. The van der Waals surface area contributed by atoms with Crippen molar-refractivity contribution in [1.82, 2.24) is 19.4 Å². The Hall–Kier alpha value is -0.960. The van der Waals surface area contributed by atoms with Gasteiger partial charge in [0.2, 0.25) is 10.0 Å². The number of hydrogen-bond acceptors (Lipinski definition) is 5. The van der Waals surface area contributed by atoms with Crippen molar-refractivity contribution in [3.8, 4) is 0 Å². The van der Waals surface area contributed by atoms with E-state index in [1.54, 1.807) is 6.92 Å². The number of hydrogen-bond donors (Lipinski definition) is 2. The normalized spacial score (nSPS) is 19.8. The molecule has 0 amide bonds. The summed E-state index contributed by atoms with van der Waals surface area (Å²) in [7, 11) is -3.60. The number of H-pyrrole nitrogens is 1. The van der Waals surface area contributed by atoms with Crippen LogP contribution < -0.4 is 0 Å². The Labute approximate surface area is 126 Å². The number of sulfonamides is 1. The molecule has 21 heavy (non-hydrogen) atoms. The zero-order chi connectivity index (χ0) is 15.6. The summed E-state index contributed by atoms with van der Waals surface area (Å²) in [5, 5.41) is 15.8. The Bertz CT molecular complexity index is 576. The number of aliphatic hydroxyl groups excluding tert-OH is 1. The van der Waals surface area contributed by atoms with Gasteiger partial charge in [-0.25, -0.2) is 8.42 Å². The van der Waals surface area contributed by atoms with Gasteiger partial charge in [0.05, 0.1) is 12.3 Å². The van der Waals surface area contributed by atoms with Crippen LogP contribution in [-0.4, -0.2) is 65.1 Å². The smallest absolute Gasteiger partial charge is 0.246 e. The van der Waals surface area contributed by atoms with E-state index in [4.69, 9.17) is 0 Å². The zero-order valence-electron chi connectivity index (χ0n) is 12.8. The lowest BCUT2D eigenvalue weighted by molar-refractivity contribution is 0.142. The number of rotatable bonds is 5. The fourth-order valence-corrected chi connectivity index (χ4v) is 4.43. The van der Waals surface area contributed by atoms with Crippen molar-refractivity contribution in [2.45, 2.75) is 44.7 Å². The first kappa shape index (κ1) is 16.4. The summed E-state index contributed by atoms with van der Waals surface area (Å²) in [6, 6.07) is 0.471. The maximum Gasteiger partial charge on any atom is 0.246 e. The highest BCUT2D eigenvalue weighted by Gasteiger charge is 2.33. The third-order valence-corrected chi connectivity index (χ3v) is 6.30. The number of aromatic amines is 1. The van der Waals surface area contributed by atoms with Crippen LogP contribution in [0.15, 0.2) is 4.90 Å². The Morgan fingerprint density at radius 1 is 1.33 bits per heavy atom. The van der Waals surface area contributed by atoms with E-state index in [2.05, 4.69) is 28.9 Å². The maximum atomic E-state index is 12.7. The standard InChI is InChI=1S/C13H24N4O3S/c1-4-10(2)16-5-7-17(8-6-16)21(19,20)13-11(3)14-15-12(13)9-18/h10,18H,4-9H2,1-3H3,(H,14,15). The Morgan fingerprint density at radius 3 is 2.48 bits per heavy atom. The van der Waals surface area contributed by atoms with Gasteiger partial charge in [0.15, 0.2) is 0 Å². The SMILES string of the molecule is CCC(C)N1CCN(S(=O)(=O)c2c(CO)n[nH]c2C)CC1. The molecular weight excluding hydrogens is 292 g/mol. The van der Waals surface area contributed by atoms with Crippen LogP contribution in [0, 0.1) is 6.92 Å². The van der Waals surface area contributed by atoms with E-state index < -0.39 is 10.0 Å². The minimum absolute atomic E-state index is 0.127. The van der Waals surface area contributed by atoms with Gasteiger partial charge in [0.1, 0.15) is 10.6 Å². The van der Waals surface area contributed by atoms with E-state index in [-0.39, 0.29) is 17.2 Å². The molecule has 1 fully saturated rings. The summed E-state index contributed by atoms with van der Waals surface area (Å²) in [5.41, 5.74) is 0.667. The van der Waals surface area contributed by atoms with E-state index in [0.29, 0.717) is 24.8 Å². The van der Waals surface area contributed by atoms with Crippen LogP contribution in [-0.2, 0) is 16.6 Å². The first-order chi connectivity index (χ1) is 9.91. The fraction of sp³-hybridized carbons (Fsp3) is 0.769. The highest BCUT2D eigenvalue weighted by atomic mass is 32.2. The highest BCUT2D eigenvalue weighted by molar-refractivity contribution is 7.89. The summed E-state index contributed by atoms with van der Waals surface area (Å²) in [5.74, 6) is 0. The van der Waals surface area contributed by atoms with Gasteiger partial charge in [-0.05, 0) is 20.3 Å². The average molecular weight is 316 g/mol. The second-order valence-corrected chi connectivity index (χ2v) is 7.35. The molecule has 0 bridgehead atoms. The van der Waals surface area contributed by atoms with Gasteiger partial charge in [0, 0.05) is 32.2 Å². The molecule has 2 rings (SSSR count). The van der Waals surface area contributed by atoms with Gasteiger partial charge >= 0.3 is 0 Å². The van der Waals surface area contributed by atoms with Crippen LogP contribution in [0.1, 0.15) is 31.7 Å². The fourth-order valence-electron chi connectivity index (χ4n) is 2.69. The Balaban J connectivity index is 2.17. The lowest BCUT2D eigenvalue weighted by Crippen LogP contribution is -2.51. The molecule has 0 radical (unpaired) electrons. The quantitative estimate of drug-likeness (QED) is 0.816. The van der Waals surface area contributed by atoms with Crippen molar-refractivity contribution < 1.29 is 13.5 Å². The van der Waals surface area contributed by atoms with Gasteiger partial charge in [-0.1, -0.05) is 6.92 Å². The molecule has 1 saturated heterocycles. The number of nitrogens with one attached hydrogen (secondary N) is 1. The maximum absolute atomic E-state index is 12.7. The van der Waals surface area contributed by atoms with E-state index in [1.807, 2.05) is 0 Å². The molecule has 0 saturated carbocycles. The number of nitrogens with zero attached hydrogens (tertiary/aromatic N) is 3. The molecule has 1 aromatic heterocycles. The number of aromatic nitrogens is 2. The van der Waals surface area contributed by atoms with Crippen molar-refractivity contribution in [3.63, 3.8) is 0 Å². The molecule has 2 heterocycles. The molecule has 0 aliphatic carbocycles. The van der Waals surface area contributed by atoms with E-state index >= 15 is 0 Å². The molecule has 0 spiro atoms. The summed E-state index contributed by atoms with van der Waals surface area (Å²) in [4.78, 5) is 2.43. The van der Waals surface area contributed by atoms with Crippen molar-refractivity contribution >= 4 is 10.0 Å². The molecule has 120 valence electrons. The van der Waals surface area contributed by atoms with Gasteiger partial charge in [-0.2, -0.15) is 9.40 Å². The summed E-state index contributed by atoms with van der Waals surface area (Å²) >= 11 is 0. The molecule has 1 aliphatic rings. The molecule has 1 unspecified atom stereocenters. The van der Waals surface area contributed by atoms with Crippen LogP contribution in [0.5, 0.6) is 0 Å². The second-order valence-electron chi connectivity index (χ2n) is 5.48. The van der Waals surface area contributed by atoms with Crippen LogP contribution >= 0.6 is 0 Å². The minimum atomic E-state index is -3.60. The van der Waals surface area contributed by atoms with Crippen LogP contribution in [0.2, 0.25) is 0 Å². The van der Waals surface area contributed by atoms with E-state index in [9.17, 15) is 13.5 Å². The molecule has 1 aliphatic heterocycles. The van der Waals surface area contributed by atoms with Gasteiger partial charge in [0.25, 0.3) is 0 Å². The van der Waals surface area contributed by atoms with Crippen LogP contribution in [0.4, 0.5) is 0 Å². The summed E-state index contributed by atoms with van der Waals surface area (Å²) < 4.78 is 27.0. The van der Waals surface area contributed by atoms with Crippen LogP contribution in [0.25, 0.3) is 0 Å². The van der Waals surface area contributed by atoms with Crippen molar-refractivity contribution in [3.05, 3.63) is 11.4 Å². The molecule has 2 N–H and O–H groups in total. The average Bonchev–Trinajstić information content (AvgIpc) is 2.88. The number of piperazine rings is 1. The molecule has 0 aromatic carbocycles. The highest BCUT2D eigenvalue weighted by Crippen LogP contribution is 2.23. The van der Waals surface area contributed by atoms with Crippen molar-refractivity contribution in [1.29, 1.82) is 0 Å². The Morgan fingerprint density at radius 2 is 1.95 bits per heavy atom. The van der Waals surface area contributed by atoms with E-state index in [0.717, 1.165) is 19.5 Å². The van der Waals surface area contributed by atoms with Crippen molar-refractivity contribution in [2.24, 2.45) is 0 Å². The predicted octanol–water partition coefficient (Wildman–Crippen LogP) is 0.315. The van der Waals surface area contributed by atoms with Crippen molar-refractivity contribution in [2.75, 3.05) is 26.2 Å². The summed E-state index contributed by atoms with van der Waals surface area (Å²) in [6.45, 7) is 7.99. The lowest BCUT2D eigenvalue weighted by atomic mass is 10.2. The van der Waals surface area contributed by atoms with Gasteiger partial charge in [-0.15, -0.1) is 0 Å². The molecule has 1 aromatic rings. The third-order valence-electron chi connectivity index (χ3n) is 4.20. The summed E-state index contributed by atoms with van der Waals surface area (Å²) in [6.07, 6.45) is 1.06. The van der Waals surface area contributed by atoms with Gasteiger partial charge in [-0.3, -0.25) is 10.00 Å². The molecular formula is C13H24N4O3S. The second kappa shape index (κ2) is 6.43. The largest absolute Gasteiger partial charge is 0.390 e. The first-order valence-electron chi connectivity index (χ1n) is 7.30. The third kappa shape index (κ3) is 3.13. The number of aliphatic hydroxyl groups is 1. The lowest BCUT2D eigenvalue weighted by Gasteiger charge is -2.37. The van der Waals surface area contributed by atoms with E-state index in [1.165, 1.54) is 4.31 Å². The monoisotopic (exact) mass is 316 g/mol. The zero-order valence-corrected chi connectivity index (χ0v) is 13.7. The Kier molecular flexibility index (Phi) is 5.03. The molecule has 1 atom stereocenters. The minimum Gasteiger partial charge on any atom is -0.390 e. The molecule has 7 nitrogen and oxygen atoms in total. The van der Waals surface area contributed by atoms with Gasteiger partial charge < -0.3 is 5.11 Å². The molecule has 8 heteroatoms. The van der Waals surface area contributed by atoms with Crippen LogP contribution in [0.3, 0.4) is 0 Å².